The van der Waals surface area contributed by atoms with E-state index in [1.165, 1.54) is 18.4 Å². The maximum atomic E-state index is 5.38. The van der Waals surface area contributed by atoms with Crippen molar-refractivity contribution in [3.8, 4) is 0 Å². The molecular weight excluding hydrogens is 98.1 g/mol. The predicted octanol–water partition coefficient (Wildman–Crippen LogP) is 1.57. The largest absolute Gasteiger partial charge is 0.402 e. The highest BCUT2D eigenvalue weighted by atomic mass is 14.5. The molecule has 1 aliphatic carbocycles. The zero-order valence-electron chi connectivity index (χ0n) is 5.15. The Morgan fingerprint density at radius 2 is 2.25 bits per heavy atom. The van der Waals surface area contributed by atoms with Crippen LogP contribution in [0.3, 0.4) is 0 Å². The first kappa shape index (κ1) is 5.42. The van der Waals surface area contributed by atoms with Crippen LogP contribution in [0.25, 0.3) is 0 Å². The number of hydrogen-bond acceptors (Lipinski definition) is 1. The summed E-state index contributed by atoms with van der Waals surface area (Å²) in [5.74, 6) is 0. The lowest BCUT2D eigenvalue weighted by Crippen LogP contribution is -1.87. The molecule has 1 fully saturated rings. The first-order valence-electron chi connectivity index (χ1n) is 2.91. The summed E-state index contributed by atoms with van der Waals surface area (Å²) in [6, 6.07) is 0. The van der Waals surface area contributed by atoms with Gasteiger partial charge in [0.2, 0.25) is 0 Å². The summed E-state index contributed by atoms with van der Waals surface area (Å²) in [4.78, 5) is 0. The van der Waals surface area contributed by atoms with Crippen LogP contribution in [0.2, 0.25) is 0 Å². The maximum absolute atomic E-state index is 5.38. The third-order valence-corrected chi connectivity index (χ3v) is 1.12. The Morgan fingerprint density at radius 1 is 1.62 bits per heavy atom. The van der Waals surface area contributed by atoms with E-state index in [2.05, 4.69) is 6.08 Å². The molecule has 1 saturated carbocycles. The number of hydrogen-bond donors (Lipinski definition) is 1. The van der Waals surface area contributed by atoms with Gasteiger partial charge in [0.25, 0.3) is 0 Å². The van der Waals surface area contributed by atoms with Gasteiger partial charge >= 0.3 is 0 Å². The van der Waals surface area contributed by atoms with Crippen LogP contribution in [0.15, 0.2) is 23.4 Å². The van der Waals surface area contributed by atoms with Gasteiger partial charge in [0, 0.05) is 5.70 Å². The Bertz CT molecular complexity index is 126. The normalized spacial score (nSPS) is 18.6. The number of allylic oxidation sites excluding steroid dienone is 4. The van der Waals surface area contributed by atoms with E-state index in [0.29, 0.717) is 0 Å². The third-order valence-electron chi connectivity index (χ3n) is 1.12. The standard InChI is InChI=1S/C7H11N/c1-6(8)2-3-7-4-5-7/h2-3H,4-5,8H2,1H3/b6-2-. The molecule has 0 bridgehead atoms. The van der Waals surface area contributed by atoms with Crippen LogP contribution in [0.1, 0.15) is 19.8 Å². The molecule has 0 heterocycles. The summed E-state index contributed by atoms with van der Waals surface area (Å²) in [6.45, 7) is 1.90. The topological polar surface area (TPSA) is 26.0 Å². The SMILES string of the molecule is C/C(N)=C/C=C1CC1. The fourth-order valence-corrected chi connectivity index (χ4v) is 0.488. The van der Waals surface area contributed by atoms with Crippen molar-refractivity contribution >= 4 is 0 Å². The van der Waals surface area contributed by atoms with Gasteiger partial charge in [-0.05, 0) is 25.8 Å². The zero-order chi connectivity index (χ0) is 5.98. The van der Waals surface area contributed by atoms with Crippen LogP contribution in [0, 0.1) is 0 Å². The Labute approximate surface area is 49.9 Å². The lowest BCUT2D eigenvalue weighted by molar-refractivity contribution is 1.31. The quantitative estimate of drug-likeness (QED) is 0.543. The summed E-state index contributed by atoms with van der Waals surface area (Å²) >= 11 is 0. The first-order valence-corrected chi connectivity index (χ1v) is 2.91. The van der Waals surface area contributed by atoms with E-state index in [1.54, 1.807) is 0 Å². The maximum Gasteiger partial charge on any atom is 0.00488 e. The molecule has 0 unspecified atom stereocenters. The minimum atomic E-state index is 0.893. The van der Waals surface area contributed by atoms with Crippen molar-refractivity contribution in [2.45, 2.75) is 19.8 Å². The van der Waals surface area contributed by atoms with Crippen molar-refractivity contribution in [3.63, 3.8) is 0 Å². The Hall–Kier alpha value is -0.720. The molecule has 1 nitrogen and oxygen atoms in total. The number of nitrogens with two attached hydrogens (primary N) is 1. The second-order valence-corrected chi connectivity index (χ2v) is 2.24. The van der Waals surface area contributed by atoms with Crippen LogP contribution in [-0.2, 0) is 0 Å². The fourth-order valence-electron chi connectivity index (χ4n) is 0.488. The zero-order valence-corrected chi connectivity index (χ0v) is 5.15. The molecule has 0 radical (unpaired) electrons. The lowest BCUT2D eigenvalue weighted by atomic mass is 10.4. The van der Waals surface area contributed by atoms with Crippen molar-refractivity contribution in [1.82, 2.24) is 0 Å². The molecule has 1 rings (SSSR count). The lowest BCUT2D eigenvalue weighted by Gasteiger charge is -1.80. The average molecular weight is 109 g/mol. The summed E-state index contributed by atoms with van der Waals surface area (Å²) in [5.41, 5.74) is 7.80. The van der Waals surface area contributed by atoms with E-state index in [0.717, 1.165) is 5.70 Å². The van der Waals surface area contributed by atoms with Crippen molar-refractivity contribution < 1.29 is 0 Å². The molecule has 0 aromatic rings. The molecule has 8 heavy (non-hydrogen) atoms. The van der Waals surface area contributed by atoms with Crippen LogP contribution in [-0.4, -0.2) is 0 Å². The van der Waals surface area contributed by atoms with Gasteiger partial charge < -0.3 is 5.73 Å². The van der Waals surface area contributed by atoms with Crippen LogP contribution in [0.5, 0.6) is 0 Å². The van der Waals surface area contributed by atoms with Crippen molar-refractivity contribution in [2.24, 2.45) is 5.73 Å². The summed E-state index contributed by atoms with van der Waals surface area (Å²) < 4.78 is 0. The monoisotopic (exact) mass is 109 g/mol. The van der Waals surface area contributed by atoms with Gasteiger partial charge in [-0.1, -0.05) is 11.6 Å². The molecule has 0 aliphatic heterocycles. The van der Waals surface area contributed by atoms with Crippen LogP contribution < -0.4 is 5.73 Å². The van der Waals surface area contributed by atoms with Gasteiger partial charge in [0.05, 0.1) is 0 Å². The molecular formula is C7H11N. The molecule has 44 valence electrons. The second-order valence-electron chi connectivity index (χ2n) is 2.24. The highest BCUT2D eigenvalue weighted by Crippen LogP contribution is 2.27. The fraction of sp³-hybridized carbons (Fsp3) is 0.429. The number of rotatable bonds is 1. The summed E-state index contributed by atoms with van der Waals surface area (Å²) in [6.07, 6.45) is 6.63. The van der Waals surface area contributed by atoms with Gasteiger partial charge in [0.15, 0.2) is 0 Å². The van der Waals surface area contributed by atoms with E-state index in [-0.39, 0.29) is 0 Å². The highest BCUT2D eigenvalue weighted by Gasteiger charge is 2.07. The van der Waals surface area contributed by atoms with Crippen LogP contribution in [0.4, 0.5) is 0 Å². The molecule has 0 atom stereocenters. The van der Waals surface area contributed by atoms with Gasteiger partial charge in [-0.25, -0.2) is 0 Å². The van der Waals surface area contributed by atoms with Gasteiger partial charge in [-0.2, -0.15) is 0 Å². The van der Waals surface area contributed by atoms with Gasteiger partial charge in [-0.15, -0.1) is 0 Å². The van der Waals surface area contributed by atoms with E-state index in [9.17, 15) is 0 Å². The van der Waals surface area contributed by atoms with Gasteiger partial charge in [0.1, 0.15) is 0 Å². The molecule has 0 saturated heterocycles. The molecule has 0 aromatic carbocycles. The van der Waals surface area contributed by atoms with E-state index < -0.39 is 0 Å². The predicted molar refractivity (Wildman–Crippen MR) is 35.3 cm³/mol. The molecule has 0 spiro atoms. The Morgan fingerprint density at radius 3 is 2.62 bits per heavy atom. The first-order chi connectivity index (χ1) is 3.79. The average Bonchev–Trinajstić information content (AvgIpc) is 2.41. The van der Waals surface area contributed by atoms with Crippen molar-refractivity contribution in [3.05, 3.63) is 23.4 Å². The van der Waals surface area contributed by atoms with Crippen molar-refractivity contribution in [2.75, 3.05) is 0 Å². The Balaban J connectivity index is 2.40. The minimum absolute atomic E-state index is 0.893. The minimum Gasteiger partial charge on any atom is -0.402 e. The second kappa shape index (κ2) is 2.03. The summed E-state index contributed by atoms with van der Waals surface area (Å²) in [7, 11) is 0. The molecule has 1 heteroatoms. The van der Waals surface area contributed by atoms with E-state index in [1.807, 2.05) is 13.0 Å². The molecule has 0 amide bonds. The van der Waals surface area contributed by atoms with Crippen molar-refractivity contribution in [1.29, 1.82) is 0 Å². The molecule has 2 N–H and O–H groups in total. The Kier molecular flexibility index (Phi) is 1.38. The summed E-state index contributed by atoms with van der Waals surface area (Å²) in [5, 5.41) is 0. The third kappa shape index (κ3) is 1.82. The molecule has 0 aromatic heterocycles. The van der Waals surface area contributed by atoms with Gasteiger partial charge in [-0.3, -0.25) is 0 Å². The molecule has 1 aliphatic rings. The smallest absolute Gasteiger partial charge is 0.00488 e. The van der Waals surface area contributed by atoms with E-state index in [4.69, 9.17) is 5.73 Å². The van der Waals surface area contributed by atoms with E-state index >= 15 is 0 Å². The van der Waals surface area contributed by atoms with Crippen LogP contribution >= 0.6 is 0 Å². The highest BCUT2D eigenvalue weighted by molar-refractivity contribution is 5.23.